The normalized spacial score (nSPS) is 24.0. The number of para-hydroxylation sites is 1. The highest BCUT2D eigenvalue weighted by molar-refractivity contribution is 6.07. The number of morpholine rings is 1. The van der Waals surface area contributed by atoms with Crippen molar-refractivity contribution in [3.8, 4) is 0 Å². The van der Waals surface area contributed by atoms with Crippen LogP contribution in [0, 0.1) is 5.92 Å². The van der Waals surface area contributed by atoms with Crippen molar-refractivity contribution in [1.82, 2.24) is 14.4 Å². The standard InChI is InChI=1S/C22H31N3O3/c1-23-16-19(18-6-2-3-7-21(18)23)22(27)25-9-8-20(17(15-25)5-4-12-26)24-10-13-28-14-11-24/h2-3,6-7,16-17,20,26H,4-5,8-15H2,1H3. The highest BCUT2D eigenvalue weighted by Crippen LogP contribution is 2.29. The van der Waals surface area contributed by atoms with E-state index in [-0.39, 0.29) is 12.5 Å². The van der Waals surface area contributed by atoms with Crippen molar-refractivity contribution < 1.29 is 14.6 Å². The zero-order valence-electron chi connectivity index (χ0n) is 16.7. The zero-order chi connectivity index (χ0) is 19.5. The lowest BCUT2D eigenvalue weighted by Gasteiger charge is -2.45. The third kappa shape index (κ3) is 3.81. The fourth-order valence-electron chi connectivity index (χ4n) is 4.91. The van der Waals surface area contributed by atoms with E-state index in [9.17, 15) is 9.90 Å². The van der Waals surface area contributed by atoms with E-state index >= 15 is 0 Å². The third-order valence-corrected chi connectivity index (χ3v) is 6.36. The fourth-order valence-corrected chi connectivity index (χ4v) is 4.91. The number of carbonyl (C=O) groups is 1. The lowest BCUT2D eigenvalue weighted by molar-refractivity contribution is -0.0196. The van der Waals surface area contributed by atoms with E-state index in [0.717, 1.165) is 75.1 Å². The van der Waals surface area contributed by atoms with Gasteiger partial charge in [-0.1, -0.05) is 18.2 Å². The van der Waals surface area contributed by atoms with Gasteiger partial charge in [-0.3, -0.25) is 9.69 Å². The van der Waals surface area contributed by atoms with Crippen LogP contribution in [0.2, 0.25) is 0 Å². The van der Waals surface area contributed by atoms with Crippen LogP contribution in [0.1, 0.15) is 29.6 Å². The number of benzene rings is 1. The van der Waals surface area contributed by atoms with Crippen LogP contribution >= 0.6 is 0 Å². The van der Waals surface area contributed by atoms with Gasteiger partial charge in [-0.05, 0) is 31.2 Å². The van der Waals surface area contributed by atoms with Crippen LogP contribution in [0.15, 0.2) is 30.5 Å². The molecule has 2 aliphatic rings. The average molecular weight is 386 g/mol. The molecule has 2 unspecified atom stereocenters. The second kappa shape index (κ2) is 8.64. The molecule has 0 saturated carbocycles. The molecule has 6 heteroatoms. The second-order valence-corrected chi connectivity index (χ2v) is 8.05. The molecule has 2 aliphatic heterocycles. The Hall–Kier alpha value is -1.89. The molecule has 2 saturated heterocycles. The molecule has 152 valence electrons. The molecule has 2 aromatic rings. The number of piperidine rings is 1. The Kier molecular flexibility index (Phi) is 5.99. The fraction of sp³-hybridized carbons (Fsp3) is 0.591. The Labute approximate surface area is 166 Å². The van der Waals surface area contributed by atoms with Crippen molar-refractivity contribution in [2.45, 2.75) is 25.3 Å². The van der Waals surface area contributed by atoms with E-state index in [2.05, 4.69) is 11.0 Å². The van der Waals surface area contributed by atoms with Crippen molar-refractivity contribution in [3.05, 3.63) is 36.0 Å². The van der Waals surface area contributed by atoms with Crippen molar-refractivity contribution in [3.63, 3.8) is 0 Å². The third-order valence-electron chi connectivity index (χ3n) is 6.36. The molecule has 0 radical (unpaired) electrons. The van der Waals surface area contributed by atoms with Crippen LogP contribution in [-0.2, 0) is 11.8 Å². The minimum Gasteiger partial charge on any atom is -0.396 e. The SMILES string of the molecule is Cn1cc(C(=O)N2CCC(N3CCOCC3)C(CCCO)C2)c2ccccc21. The number of likely N-dealkylation sites (tertiary alicyclic amines) is 1. The summed E-state index contributed by atoms with van der Waals surface area (Å²) < 4.78 is 7.55. The van der Waals surface area contributed by atoms with Gasteiger partial charge >= 0.3 is 0 Å². The van der Waals surface area contributed by atoms with Crippen molar-refractivity contribution in [1.29, 1.82) is 0 Å². The summed E-state index contributed by atoms with van der Waals surface area (Å²) >= 11 is 0. The van der Waals surface area contributed by atoms with E-state index in [1.807, 2.05) is 40.9 Å². The van der Waals surface area contributed by atoms with E-state index in [1.165, 1.54) is 0 Å². The molecular formula is C22H31N3O3. The van der Waals surface area contributed by atoms with Crippen molar-refractivity contribution >= 4 is 16.8 Å². The Bertz CT molecular complexity index is 812. The van der Waals surface area contributed by atoms with Crippen LogP contribution < -0.4 is 0 Å². The van der Waals surface area contributed by atoms with Gasteiger partial charge in [0.1, 0.15) is 0 Å². The number of aromatic nitrogens is 1. The maximum atomic E-state index is 13.4. The summed E-state index contributed by atoms with van der Waals surface area (Å²) in [6, 6.07) is 8.57. The summed E-state index contributed by atoms with van der Waals surface area (Å²) in [5.41, 5.74) is 1.88. The average Bonchev–Trinajstić information content (AvgIpc) is 3.09. The molecular weight excluding hydrogens is 354 g/mol. The number of hydrogen-bond donors (Lipinski definition) is 1. The number of fused-ring (bicyclic) bond motifs is 1. The van der Waals surface area contributed by atoms with Gasteiger partial charge in [0.05, 0.1) is 18.8 Å². The Balaban J connectivity index is 1.52. The molecule has 6 nitrogen and oxygen atoms in total. The van der Waals surface area contributed by atoms with E-state index in [0.29, 0.717) is 12.0 Å². The molecule has 1 aromatic heterocycles. The summed E-state index contributed by atoms with van der Waals surface area (Å²) in [6.07, 6.45) is 4.70. The predicted molar refractivity (Wildman–Crippen MR) is 109 cm³/mol. The highest BCUT2D eigenvalue weighted by atomic mass is 16.5. The first-order valence-electron chi connectivity index (χ1n) is 10.4. The first-order chi connectivity index (χ1) is 13.7. The molecule has 1 amide bonds. The number of aryl methyl sites for hydroxylation is 1. The number of aliphatic hydroxyl groups excluding tert-OH is 1. The molecule has 1 aromatic carbocycles. The van der Waals surface area contributed by atoms with Crippen LogP contribution in [0.3, 0.4) is 0 Å². The minimum absolute atomic E-state index is 0.131. The van der Waals surface area contributed by atoms with Gasteiger partial charge in [-0.2, -0.15) is 0 Å². The van der Waals surface area contributed by atoms with Crippen LogP contribution in [-0.4, -0.2) is 77.4 Å². The number of rotatable bonds is 5. The molecule has 0 aliphatic carbocycles. The summed E-state index contributed by atoms with van der Waals surface area (Å²) in [5.74, 6) is 0.532. The minimum atomic E-state index is 0.131. The van der Waals surface area contributed by atoms with E-state index in [4.69, 9.17) is 4.74 Å². The molecule has 4 rings (SSSR count). The molecule has 2 atom stereocenters. The van der Waals surface area contributed by atoms with Crippen LogP contribution in [0.4, 0.5) is 0 Å². The lowest BCUT2D eigenvalue weighted by atomic mass is 9.86. The number of amides is 1. The van der Waals surface area contributed by atoms with E-state index in [1.54, 1.807) is 0 Å². The van der Waals surface area contributed by atoms with Gasteiger partial charge in [0.25, 0.3) is 5.91 Å². The van der Waals surface area contributed by atoms with Crippen LogP contribution in [0.5, 0.6) is 0 Å². The monoisotopic (exact) mass is 385 g/mol. The number of ether oxygens (including phenoxy) is 1. The largest absolute Gasteiger partial charge is 0.396 e. The van der Waals surface area contributed by atoms with Gasteiger partial charge in [0.15, 0.2) is 0 Å². The van der Waals surface area contributed by atoms with Gasteiger partial charge in [-0.15, -0.1) is 0 Å². The summed E-state index contributed by atoms with van der Waals surface area (Å²) in [4.78, 5) is 17.9. The molecule has 1 N–H and O–H groups in total. The smallest absolute Gasteiger partial charge is 0.256 e. The molecule has 3 heterocycles. The quantitative estimate of drug-likeness (QED) is 0.857. The van der Waals surface area contributed by atoms with Crippen LogP contribution in [0.25, 0.3) is 10.9 Å². The number of nitrogens with zero attached hydrogens (tertiary/aromatic N) is 3. The molecule has 2 fully saturated rings. The maximum Gasteiger partial charge on any atom is 0.256 e. The molecule has 0 bridgehead atoms. The first-order valence-corrected chi connectivity index (χ1v) is 10.4. The predicted octanol–water partition coefficient (Wildman–Crippen LogP) is 2.11. The van der Waals surface area contributed by atoms with Crippen molar-refractivity contribution in [2.75, 3.05) is 46.0 Å². The van der Waals surface area contributed by atoms with Gasteiger partial charge in [0.2, 0.25) is 0 Å². The topological polar surface area (TPSA) is 57.9 Å². The Morgan fingerprint density at radius 3 is 2.79 bits per heavy atom. The number of carbonyl (C=O) groups excluding carboxylic acids is 1. The van der Waals surface area contributed by atoms with E-state index < -0.39 is 0 Å². The lowest BCUT2D eigenvalue weighted by Crippen LogP contribution is -2.55. The summed E-state index contributed by atoms with van der Waals surface area (Å²) in [7, 11) is 1.99. The number of aliphatic hydroxyl groups is 1. The first kappa shape index (κ1) is 19.4. The Morgan fingerprint density at radius 2 is 2.00 bits per heavy atom. The van der Waals surface area contributed by atoms with Crippen molar-refractivity contribution in [2.24, 2.45) is 13.0 Å². The van der Waals surface area contributed by atoms with Gasteiger partial charge in [0, 0.05) is 63.0 Å². The molecule has 28 heavy (non-hydrogen) atoms. The maximum absolute atomic E-state index is 13.4. The second-order valence-electron chi connectivity index (χ2n) is 8.05. The zero-order valence-corrected chi connectivity index (χ0v) is 16.7. The summed E-state index contributed by atoms with van der Waals surface area (Å²) in [5, 5.41) is 10.4. The van der Waals surface area contributed by atoms with Gasteiger partial charge in [-0.25, -0.2) is 0 Å². The number of hydrogen-bond acceptors (Lipinski definition) is 4. The summed E-state index contributed by atoms with van der Waals surface area (Å²) in [6.45, 7) is 5.30. The molecule has 0 spiro atoms. The Morgan fingerprint density at radius 1 is 1.21 bits per heavy atom. The van der Waals surface area contributed by atoms with Gasteiger partial charge < -0.3 is 19.3 Å². The highest BCUT2D eigenvalue weighted by Gasteiger charge is 2.35.